The highest BCUT2D eigenvalue weighted by Crippen LogP contribution is 2.30. The number of nitrogens with zero attached hydrogens (tertiary/aromatic N) is 2. The summed E-state index contributed by atoms with van der Waals surface area (Å²) in [6.45, 7) is 0. The second-order valence-electron chi connectivity index (χ2n) is 3.48. The Hall–Kier alpha value is -2.76. The third-order valence-corrected chi connectivity index (χ3v) is 2.38. The van der Waals surface area contributed by atoms with E-state index in [0.29, 0.717) is 5.56 Å². The summed E-state index contributed by atoms with van der Waals surface area (Å²) >= 11 is 0. The maximum Gasteiger partial charge on any atom is 0.342 e. The van der Waals surface area contributed by atoms with E-state index < -0.39 is 16.6 Å². The van der Waals surface area contributed by atoms with Gasteiger partial charge >= 0.3 is 11.7 Å². The third kappa shape index (κ3) is 2.03. The van der Waals surface area contributed by atoms with E-state index in [2.05, 4.69) is 4.98 Å². The van der Waals surface area contributed by atoms with Gasteiger partial charge in [-0.25, -0.2) is 9.78 Å². The van der Waals surface area contributed by atoms with Crippen molar-refractivity contribution in [1.82, 2.24) is 4.98 Å². The number of hydrogen-bond donors (Lipinski definition) is 1. The first-order chi connectivity index (χ1) is 8.61. The lowest BCUT2D eigenvalue weighted by Crippen LogP contribution is -2.05. The Morgan fingerprint density at radius 2 is 1.89 bits per heavy atom. The molecule has 0 aliphatic rings. The number of aromatic carboxylic acids is 1. The van der Waals surface area contributed by atoms with E-state index in [4.69, 9.17) is 5.11 Å². The molecule has 0 saturated carbocycles. The van der Waals surface area contributed by atoms with Crippen LogP contribution in [0.5, 0.6) is 0 Å². The van der Waals surface area contributed by atoms with Gasteiger partial charge in [0.15, 0.2) is 0 Å². The van der Waals surface area contributed by atoms with Gasteiger partial charge in [0.2, 0.25) is 0 Å². The number of carboxylic acid groups (broad SMARTS) is 1. The standard InChI is InChI=1S/C12H8N2O4/c15-12(16)9-6-7-13-10(11(9)14(17)18)8-4-2-1-3-5-8/h1-7H,(H,15,16). The minimum atomic E-state index is -1.35. The average Bonchev–Trinajstić information content (AvgIpc) is 2.38. The Balaban J connectivity index is 2.72. The van der Waals surface area contributed by atoms with Crippen LogP contribution in [0.15, 0.2) is 42.6 Å². The van der Waals surface area contributed by atoms with Gasteiger partial charge in [-0.15, -0.1) is 0 Å². The molecule has 0 unspecified atom stereocenters. The van der Waals surface area contributed by atoms with Crippen LogP contribution in [-0.4, -0.2) is 21.0 Å². The maximum atomic E-state index is 11.0. The van der Waals surface area contributed by atoms with Crippen LogP contribution in [0, 0.1) is 10.1 Å². The minimum Gasteiger partial charge on any atom is -0.477 e. The van der Waals surface area contributed by atoms with Gasteiger partial charge in [0.25, 0.3) is 0 Å². The fourth-order valence-electron chi connectivity index (χ4n) is 1.62. The van der Waals surface area contributed by atoms with Gasteiger partial charge in [-0.3, -0.25) is 10.1 Å². The summed E-state index contributed by atoms with van der Waals surface area (Å²) in [6.07, 6.45) is 1.25. The Labute approximate surface area is 102 Å². The molecular weight excluding hydrogens is 236 g/mol. The Kier molecular flexibility index (Phi) is 3.01. The van der Waals surface area contributed by atoms with Crippen molar-refractivity contribution in [3.05, 3.63) is 58.3 Å². The zero-order valence-electron chi connectivity index (χ0n) is 9.11. The number of nitro groups is 1. The lowest BCUT2D eigenvalue weighted by Gasteiger charge is -2.04. The molecule has 0 bridgehead atoms. The molecule has 1 aromatic carbocycles. The Bertz CT molecular complexity index is 611. The summed E-state index contributed by atoms with van der Waals surface area (Å²) in [4.78, 5) is 25.2. The summed E-state index contributed by atoms with van der Waals surface area (Å²) in [7, 11) is 0. The summed E-state index contributed by atoms with van der Waals surface area (Å²) < 4.78 is 0. The van der Waals surface area contributed by atoms with Crippen LogP contribution in [-0.2, 0) is 0 Å². The maximum absolute atomic E-state index is 11.0. The van der Waals surface area contributed by atoms with E-state index >= 15 is 0 Å². The van der Waals surface area contributed by atoms with Crippen molar-refractivity contribution in [2.45, 2.75) is 0 Å². The zero-order valence-corrected chi connectivity index (χ0v) is 9.11. The number of rotatable bonds is 3. The van der Waals surface area contributed by atoms with E-state index in [1.165, 1.54) is 6.20 Å². The first kappa shape index (κ1) is 11.7. The van der Waals surface area contributed by atoms with Crippen LogP contribution in [0.2, 0.25) is 0 Å². The molecule has 18 heavy (non-hydrogen) atoms. The smallest absolute Gasteiger partial charge is 0.342 e. The van der Waals surface area contributed by atoms with Crippen LogP contribution in [0.1, 0.15) is 10.4 Å². The van der Waals surface area contributed by atoms with Crippen molar-refractivity contribution in [2.24, 2.45) is 0 Å². The van der Waals surface area contributed by atoms with Crippen molar-refractivity contribution >= 4 is 11.7 Å². The van der Waals surface area contributed by atoms with Gasteiger partial charge in [-0.05, 0) is 6.07 Å². The molecule has 0 aliphatic carbocycles. The van der Waals surface area contributed by atoms with Crippen molar-refractivity contribution in [3.63, 3.8) is 0 Å². The summed E-state index contributed by atoms with van der Waals surface area (Å²) in [5, 5.41) is 20.0. The Morgan fingerprint density at radius 3 is 2.44 bits per heavy atom. The number of carbonyl (C=O) groups is 1. The molecule has 0 fully saturated rings. The molecule has 0 aliphatic heterocycles. The number of carboxylic acids is 1. The molecule has 0 spiro atoms. The quantitative estimate of drug-likeness (QED) is 0.660. The largest absolute Gasteiger partial charge is 0.477 e. The van der Waals surface area contributed by atoms with Crippen molar-refractivity contribution < 1.29 is 14.8 Å². The third-order valence-electron chi connectivity index (χ3n) is 2.38. The summed E-state index contributed by atoms with van der Waals surface area (Å²) in [5.74, 6) is -1.35. The highest BCUT2D eigenvalue weighted by atomic mass is 16.6. The molecular formula is C12H8N2O4. The van der Waals surface area contributed by atoms with Gasteiger partial charge in [0.05, 0.1) is 4.92 Å². The van der Waals surface area contributed by atoms with Crippen LogP contribution in [0.3, 0.4) is 0 Å². The number of benzene rings is 1. The SMILES string of the molecule is O=C(O)c1ccnc(-c2ccccc2)c1[N+](=O)[O-]. The molecule has 2 rings (SSSR count). The molecule has 1 aromatic heterocycles. The van der Waals surface area contributed by atoms with E-state index in [9.17, 15) is 14.9 Å². The molecule has 1 N–H and O–H groups in total. The fourth-order valence-corrected chi connectivity index (χ4v) is 1.62. The monoisotopic (exact) mass is 244 g/mol. The molecule has 6 nitrogen and oxygen atoms in total. The fraction of sp³-hybridized carbons (Fsp3) is 0. The van der Waals surface area contributed by atoms with E-state index in [1.54, 1.807) is 30.3 Å². The number of aromatic nitrogens is 1. The topological polar surface area (TPSA) is 93.3 Å². The van der Waals surface area contributed by atoms with Crippen LogP contribution < -0.4 is 0 Å². The second kappa shape index (κ2) is 4.62. The molecule has 6 heteroatoms. The highest BCUT2D eigenvalue weighted by molar-refractivity contribution is 5.95. The molecule has 2 aromatic rings. The predicted molar refractivity (Wildman–Crippen MR) is 63.3 cm³/mol. The number of hydrogen-bond acceptors (Lipinski definition) is 4. The van der Waals surface area contributed by atoms with Crippen LogP contribution in [0.25, 0.3) is 11.3 Å². The molecule has 1 heterocycles. The minimum absolute atomic E-state index is 0.0560. The second-order valence-corrected chi connectivity index (χ2v) is 3.48. The lowest BCUT2D eigenvalue weighted by atomic mass is 10.1. The summed E-state index contributed by atoms with van der Waals surface area (Å²) in [5.41, 5.74) is -0.294. The van der Waals surface area contributed by atoms with Crippen molar-refractivity contribution in [3.8, 4) is 11.3 Å². The predicted octanol–water partition coefficient (Wildman–Crippen LogP) is 2.36. The van der Waals surface area contributed by atoms with Gasteiger partial charge < -0.3 is 5.11 Å². The van der Waals surface area contributed by atoms with Gasteiger partial charge in [0.1, 0.15) is 11.3 Å². The normalized spacial score (nSPS) is 10.0. The highest BCUT2D eigenvalue weighted by Gasteiger charge is 2.25. The lowest BCUT2D eigenvalue weighted by molar-refractivity contribution is -0.384. The first-order valence-electron chi connectivity index (χ1n) is 5.03. The molecule has 0 saturated heterocycles. The molecule has 0 radical (unpaired) electrons. The average molecular weight is 244 g/mol. The summed E-state index contributed by atoms with van der Waals surface area (Å²) in [6, 6.07) is 9.56. The Morgan fingerprint density at radius 1 is 1.22 bits per heavy atom. The van der Waals surface area contributed by atoms with Crippen molar-refractivity contribution in [1.29, 1.82) is 0 Å². The van der Waals surface area contributed by atoms with E-state index in [1.807, 2.05) is 0 Å². The van der Waals surface area contributed by atoms with E-state index in [-0.39, 0.29) is 11.3 Å². The molecule has 0 atom stereocenters. The van der Waals surface area contributed by atoms with Gasteiger partial charge in [0, 0.05) is 11.8 Å². The van der Waals surface area contributed by atoms with E-state index in [0.717, 1.165) is 6.07 Å². The zero-order chi connectivity index (χ0) is 13.1. The van der Waals surface area contributed by atoms with Crippen LogP contribution >= 0.6 is 0 Å². The number of pyridine rings is 1. The first-order valence-corrected chi connectivity index (χ1v) is 5.03. The van der Waals surface area contributed by atoms with Gasteiger partial charge in [-0.1, -0.05) is 30.3 Å². The van der Waals surface area contributed by atoms with Gasteiger partial charge in [-0.2, -0.15) is 0 Å². The molecule has 90 valence electrons. The van der Waals surface area contributed by atoms with Crippen LogP contribution in [0.4, 0.5) is 5.69 Å². The molecule has 0 amide bonds. The van der Waals surface area contributed by atoms with Crippen molar-refractivity contribution in [2.75, 3.05) is 0 Å².